The lowest BCUT2D eigenvalue weighted by atomic mass is 10.1. The van der Waals surface area contributed by atoms with Crippen molar-refractivity contribution in [3.05, 3.63) is 64.2 Å². The number of anilines is 1. The van der Waals surface area contributed by atoms with Gasteiger partial charge in [0.15, 0.2) is 0 Å². The number of pyridine rings is 2. The molecule has 0 spiro atoms. The van der Waals surface area contributed by atoms with Gasteiger partial charge in [0.2, 0.25) is 0 Å². The number of carbonyl (C=O) groups excluding carboxylic acids is 1. The van der Waals surface area contributed by atoms with Gasteiger partial charge < -0.3 is 14.5 Å². The summed E-state index contributed by atoms with van der Waals surface area (Å²) in [6.07, 6.45) is 10.6. The zero-order valence-electron chi connectivity index (χ0n) is 19.1. The third-order valence-corrected chi connectivity index (χ3v) is 6.93. The molecule has 5 heterocycles. The number of hydrogen-bond acceptors (Lipinski definition) is 7. The number of thiophene rings is 1. The molecule has 8 nitrogen and oxygen atoms in total. The standard InChI is InChI=1S/C26H22N6O2S/c1-3-21-6-7-23(35-21)26(33)31-11-9-30(10-12-31)24-8-5-18(15-28-24)22-13-20(34-4-2)17-32-25(22)19(14-27)16-29-32/h1,5-8,13,15-17H,4,9-12H2,2H3. The summed E-state index contributed by atoms with van der Waals surface area (Å²) in [4.78, 5) is 22.9. The second-order valence-electron chi connectivity index (χ2n) is 7.98. The molecule has 1 aliphatic rings. The highest BCUT2D eigenvalue weighted by molar-refractivity contribution is 7.14. The summed E-state index contributed by atoms with van der Waals surface area (Å²) in [7, 11) is 0. The van der Waals surface area contributed by atoms with Gasteiger partial charge in [-0.3, -0.25) is 4.79 Å². The van der Waals surface area contributed by atoms with Crippen LogP contribution in [0.1, 0.15) is 27.0 Å². The van der Waals surface area contributed by atoms with E-state index in [-0.39, 0.29) is 5.91 Å². The van der Waals surface area contributed by atoms with E-state index < -0.39 is 0 Å². The molecule has 1 fully saturated rings. The van der Waals surface area contributed by atoms with Crippen LogP contribution in [-0.2, 0) is 0 Å². The first-order valence-corrected chi connectivity index (χ1v) is 12.0. The van der Waals surface area contributed by atoms with E-state index in [0.29, 0.717) is 49.0 Å². The highest BCUT2D eigenvalue weighted by Gasteiger charge is 2.24. The molecule has 0 radical (unpaired) electrons. The van der Waals surface area contributed by atoms with Crippen molar-refractivity contribution in [1.29, 1.82) is 5.26 Å². The molecule has 35 heavy (non-hydrogen) atoms. The van der Waals surface area contributed by atoms with Crippen molar-refractivity contribution in [2.75, 3.05) is 37.7 Å². The number of piperazine rings is 1. The molecule has 0 unspecified atom stereocenters. The lowest BCUT2D eigenvalue weighted by molar-refractivity contribution is 0.0751. The Balaban J connectivity index is 1.33. The molecule has 1 saturated heterocycles. The minimum absolute atomic E-state index is 0.0201. The van der Waals surface area contributed by atoms with Gasteiger partial charge in [-0.25, -0.2) is 9.50 Å². The predicted molar refractivity (Wildman–Crippen MR) is 135 cm³/mol. The Hall–Kier alpha value is -4.34. The van der Waals surface area contributed by atoms with Crippen LogP contribution in [0.5, 0.6) is 5.75 Å². The van der Waals surface area contributed by atoms with Crippen LogP contribution in [0, 0.1) is 23.7 Å². The van der Waals surface area contributed by atoms with E-state index in [9.17, 15) is 10.1 Å². The fourth-order valence-corrected chi connectivity index (χ4v) is 4.99. The average Bonchev–Trinajstić information content (AvgIpc) is 3.55. The van der Waals surface area contributed by atoms with Crippen LogP contribution in [0.3, 0.4) is 0 Å². The first kappa shape index (κ1) is 22.5. The van der Waals surface area contributed by atoms with Crippen LogP contribution < -0.4 is 9.64 Å². The Morgan fingerprint density at radius 1 is 1.20 bits per heavy atom. The minimum atomic E-state index is 0.0201. The lowest BCUT2D eigenvalue weighted by Gasteiger charge is -2.35. The van der Waals surface area contributed by atoms with Crippen LogP contribution in [0.4, 0.5) is 5.82 Å². The molecule has 0 N–H and O–H groups in total. The minimum Gasteiger partial charge on any atom is -0.492 e. The molecule has 4 aromatic heterocycles. The topological polar surface area (TPSA) is 86.8 Å². The van der Waals surface area contributed by atoms with Gasteiger partial charge in [0, 0.05) is 43.5 Å². The highest BCUT2D eigenvalue weighted by atomic mass is 32.1. The van der Waals surface area contributed by atoms with Gasteiger partial charge >= 0.3 is 0 Å². The normalized spacial score (nSPS) is 13.5. The van der Waals surface area contributed by atoms with Crippen LogP contribution in [0.2, 0.25) is 0 Å². The van der Waals surface area contributed by atoms with Crippen molar-refractivity contribution in [1.82, 2.24) is 19.5 Å². The van der Waals surface area contributed by atoms with Gasteiger partial charge in [-0.2, -0.15) is 10.4 Å². The molecule has 174 valence electrons. The Morgan fingerprint density at radius 3 is 2.69 bits per heavy atom. The van der Waals surface area contributed by atoms with E-state index in [2.05, 4.69) is 22.0 Å². The molecule has 0 aromatic carbocycles. The fraction of sp³-hybridized carbons (Fsp3) is 0.231. The Kier molecular flexibility index (Phi) is 6.09. The number of rotatable bonds is 5. The first-order chi connectivity index (χ1) is 17.1. The number of aromatic nitrogens is 3. The van der Waals surface area contributed by atoms with Crippen molar-refractivity contribution in [2.45, 2.75) is 6.92 Å². The van der Waals surface area contributed by atoms with Gasteiger partial charge in [-0.05, 0) is 37.3 Å². The van der Waals surface area contributed by atoms with Crippen LogP contribution in [-0.4, -0.2) is 58.2 Å². The molecular weight excluding hydrogens is 460 g/mol. The number of terminal acetylenes is 1. The van der Waals surface area contributed by atoms with Gasteiger partial charge in [-0.15, -0.1) is 17.8 Å². The molecule has 4 aromatic rings. The van der Waals surface area contributed by atoms with E-state index in [1.54, 1.807) is 35.2 Å². The Labute approximate surface area is 207 Å². The maximum Gasteiger partial charge on any atom is 0.264 e. The Bertz CT molecular complexity index is 1470. The lowest BCUT2D eigenvalue weighted by Crippen LogP contribution is -2.48. The van der Waals surface area contributed by atoms with Crippen LogP contribution >= 0.6 is 11.3 Å². The van der Waals surface area contributed by atoms with Gasteiger partial charge in [0.05, 0.1) is 39.8 Å². The molecule has 0 aliphatic carbocycles. The molecule has 9 heteroatoms. The van der Waals surface area contributed by atoms with Gasteiger partial charge in [0.1, 0.15) is 17.6 Å². The zero-order chi connectivity index (χ0) is 24.4. The summed E-state index contributed by atoms with van der Waals surface area (Å²) < 4.78 is 7.36. The zero-order valence-corrected chi connectivity index (χ0v) is 20.0. The number of nitriles is 1. The van der Waals surface area contributed by atoms with Crippen molar-refractivity contribution in [3.8, 4) is 35.3 Å². The van der Waals surface area contributed by atoms with Gasteiger partial charge in [-0.1, -0.05) is 5.92 Å². The smallest absolute Gasteiger partial charge is 0.264 e. The predicted octanol–water partition coefficient (Wildman–Crippen LogP) is 3.67. The van der Waals surface area contributed by atoms with E-state index in [1.807, 2.05) is 30.0 Å². The average molecular weight is 483 g/mol. The molecule has 1 amide bonds. The molecule has 0 saturated carbocycles. The summed E-state index contributed by atoms with van der Waals surface area (Å²) in [5.41, 5.74) is 2.92. The van der Waals surface area contributed by atoms with Crippen molar-refractivity contribution < 1.29 is 9.53 Å². The number of nitrogens with zero attached hydrogens (tertiary/aromatic N) is 6. The molecule has 5 rings (SSSR count). The second kappa shape index (κ2) is 9.49. The largest absolute Gasteiger partial charge is 0.492 e. The number of carbonyl (C=O) groups is 1. The summed E-state index contributed by atoms with van der Waals surface area (Å²) >= 11 is 1.35. The maximum absolute atomic E-state index is 12.8. The first-order valence-electron chi connectivity index (χ1n) is 11.2. The molecule has 1 aliphatic heterocycles. The van der Waals surface area contributed by atoms with E-state index in [0.717, 1.165) is 27.3 Å². The quantitative estimate of drug-likeness (QED) is 0.404. The van der Waals surface area contributed by atoms with Gasteiger partial charge in [0.25, 0.3) is 5.91 Å². The van der Waals surface area contributed by atoms with E-state index in [1.165, 1.54) is 11.3 Å². The van der Waals surface area contributed by atoms with Crippen molar-refractivity contribution in [3.63, 3.8) is 0 Å². The third-order valence-electron chi connectivity index (χ3n) is 5.93. The molecule has 0 atom stereocenters. The summed E-state index contributed by atoms with van der Waals surface area (Å²) in [5.74, 6) is 4.12. The number of ether oxygens (including phenoxy) is 1. The number of hydrogen-bond donors (Lipinski definition) is 0. The fourth-order valence-electron chi connectivity index (χ4n) is 4.20. The van der Waals surface area contributed by atoms with E-state index in [4.69, 9.17) is 16.1 Å². The monoisotopic (exact) mass is 482 g/mol. The molecule has 0 bridgehead atoms. The van der Waals surface area contributed by atoms with Crippen LogP contribution in [0.15, 0.2) is 48.9 Å². The van der Waals surface area contributed by atoms with Crippen LogP contribution in [0.25, 0.3) is 16.6 Å². The van der Waals surface area contributed by atoms with Crippen molar-refractivity contribution >= 4 is 28.6 Å². The SMILES string of the molecule is C#Cc1ccc(C(=O)N2CCN(c3ccc(-c4cc(OCC)cn5ncc(C#N)c45)cn3)CC2)s1. The summed E-state index contributed by atoms with van der Waals surface area (Å²) in [6.45, 7) is 5.06. The molecular formula is C26H22N6O2S. The maximum atomic E-state index is 12.8. The van der Waals surface area contributed by atoms with E-state index >= 15 is 0 Å². The summed E-state index contributed by atoms with van der Waals surface area (Å²) in [6, 6.07) is 11.7. The summed E-state index contributed by atoms with van der Waals surface area (Å²) in [5, 5.41) is 13.8. The highest BCUT2D eigenvalue weighted by Crippen LogP contribution is 2.31. The number of fused-ring (bicyclic) bond motifs is 1. The second-order valence-corrected chi connectivity index (χ2v) is 9.06. The number of amides is 1. The van der Waals surface area contributed by atoms with Crippen molar-refractivity contribution in [2.24, 2.45) is 0 Å². The Morgan fingerprint density at radius 2 is 2.03 bits per heavy atom. The third kappa shape index (κ3) is 4.30.